The Balaban J connectivity index is -0.000000588. The van der Waals surface area contributed by atoms with Crippen molar-refractivity contribution in [1.29, 1.82) is 0 Å². The zero-order chi connectivity index (χ0) is 78.9. The van der Waals surface area contributed by atoms with Crippen molar-refractivity contribution in [3.8, 4) is 0 Å². The van der Waals surface area contributed by atoms with Crippen LogP contribution >= 0.6 is 0 Å². The van der Waals surface area contributed by atoms with Crippen LogP contribution in [0.4, 0.5) is 0 Å². The van der Waals surface area contributed by atoms with E-state index in [1.807, 2.05) is 32.8 Å². The third-order valence-electron chi connectivity index (χ3n) is 16.4. The monoisotopic (exact) mass is 1540 g/mol. The number of carbonyl (C=O) groups excluding carboxylic acids is 8. The highest BCUT2D eigenvalue weighted by atomic mass is 32.2. The van der Waals surface area contributed by atoms with Crippen LogP contribution in [0.15, 0.2) is 0 Å². The fourth-order valence-corrected chi connectivity index (χ4v) is 17.9. The van der Waals surface area contributed by atoms with E-state index in [0.29, 0.717) is 182 Å². The first kappa shape index (κ1) is 104. The second kappa shape index (κ2) is 57.8. The largest absolute Gasteiger partial charge is 0.451 e. The summed E-state index contributed by atoms with van der Waals surface area (Å²) in [6.45, 7) is 13.1. The summed E-state index contributed by atoms with van der Waals surface area (Å²) in [4.78, 5) is 67.0. The van der Waals surface area contributed by atoms with Crippen molar-refractivity contribution in [2.45, 2.75) is 122 Å². The lowest BCUT2D eigenvalue weighted by Gasteiger charge is -2.31. The molecule has 0 unspecified atom stereocenters. The molecular weight excluding hydrogens is 1420 g/mol. The van der Waals surface area contributed by atoms with Gasteiger partial charge in [0, 0.05) is 163 Å². The maximum absolute atomic E-state index is 12.8. The summed E-state index contributed by atoms with van der Waals surface area (Å²) in [6, 6.07) is -0.845. The second-order valence-corrected chi connectivity index (χ2v) is 31.8. The zero-order valence-electron chi connectivity index (χ0n) is 60.0. The van der Waals surface area contributed by atoms with Gasteiger partial charge in [-0.3, -0.25) is 0 Å². The van der Waals surface area contributed by atoms with E-state index in [1.165, 1.54) is 34.6 Å². The van der Waals surface area contributed by atoms with Crippen LogP contribution in [0.25, 0.3) is 0 Å². The lowest BCUT2D eigenvalue weighted by Crippen LogP contribution is -2.51. The van der Waals surface area contributed by atoms with Crippen LogP contribution in [-0.2, 0) is 79.2 Å². The van der Waals surface area contributed by atoms with Crippen molar-refractivity contribution in [3.63, 3.8) is 0 Å². The molecule has 0 bridgehead atoms. The van der Waals surface area contributed by atoms with Gasteiger partial charge in [0.15, 0.2) is 0 Å². The van der Waals surface area contributed by atoms with Crippen molar-refractivity contribution < 1.29 is 112 Å². The van der Waals surface area contributed by atoms with E-state index in [2.05, 4.69) is 10.6 Å². The Labute approximate surface area is 599 Å². The van der Waals surface area contributed by atoms with E-state index >= 15 is 0 Å². The minimum absolute atomic E-state index is 0.0387. The van der Waals surface area contributed by atoms with Crippen molar-refractivity contribution >= 4 is 93.9 Å². The SMILES string of the molecule is CCN(CCN(C)C)S(=O)(=O)N1C[C@H](CCCB(O)O)[C@@H](N)C1.CCN(CCN)S(=O)(=O)N1C[C@H](CCCB(O)O)[C@@H](N)C1.CCN(CCNC)S(=O)(=O)N1C[C@H](CCCB(O)O)[C@@H](N)C1.CNCCN(N(C)C)S(=O)(=O)N1C[C@H](CCCB(O)O)[C@@H](N)C1.O=C=O.O=C=O.O=C=O.O=C=O. The van der Waals surface area contributed by atoms with E-state index in [9.17, 15) is 33.7 Å². The lowest BCUT2D eigenvalue weighted by molar-refractivity contribution is -0.193. The standard InChI is InChI=1S/C13H31BN4O4S.C12H30BN5O4S.C12H29BN4O4S.C11H27BN4O4S.4CO2/c1-4-17(9-8-16(2)3)23(21,22)18-10-12(13(15)11-18)6-5-7-14(19)20;1-15-7-8-18(16(2)3)23(21,22)17-9-11(12(14)10-17)5-4-6-13(19)20;1-3-16(8-7-15-2)22(20,21)17-9-11(12(14)10-17)5-4-6-13(18)19;1-2-15(7-6-13)21(19,20)16-8-10(11(14)9-16)4-3-5-12(17)18;4*2-1-3/h12-13,19-20H,4-11,15H2,1-3H3;11-12,15,19-20H,4-10,14H2,1-3H3;11-12,15,18-19H,3-10,14H2,1-2H3;10-11,17-18H,2-9,13-14H2,1H3;;;;/t12-,13-;2*11-,12-;10-,11-;;;;/m0000..../s1. The Morgan fingerprint density at radius 1 is 0.396 bits per heavy atom. The number of nitrogens with zero attached hydrogens (tertiary/aromatic N) is 10. The molecule has 8 atom stereocenters. The number of likely N-dealkylation sites (N-methyl/N-ethyl adjacent to an activating group) is 6. The van der Waals surface area contributed by atoms with Gasteiger partial charge >= 0.3 is 53.1 Å². The minimum atomic E-state index is -3.61. The molecule has 0 saturated carbocycles. The molecule has 4 aliphatic rings. The molecule has 0 radical (unpaired) electrons. The Hall–Kier alpha value is -3.42. The lowest BCUT2D eigenvalue weighted by atomic mass is 9.82. The molecule has 4 rings (SSSR count). The first-order valence-electron chi connectivity index (χ1n) is 33.0. The van der Waals surface area contributed by atoms with Gasteiger partial charge in [0.25, 0.3) is 40.8 Å². The highest BCUT2D eigenvalue weighted by Crippen LogP contribution is 2.29. The summed E-state index contributed by atoms with van der Waals surface area (Å²) >= 11 is 0. The fourth-order valence-electron chi connectivity index (χ4n) is 11.0. The van der Waals surface area contributed by atoms with Gasteiger partial charge in [-0.1, -0.05) is 46.5 Å². The van der Waals surface area contributed by atoms with Crippen LogP contribution in [0.1, 0.15) is 72.1 Å². The van der Waals surface area contributed by atoms with Crippen LogP contribution in [0.5, 0.6) is 0 Å². The van der Waals surface area contributed by atoms with Gasteiger partial charge in [0.2, 0.25) is 0 Å². The van der Waals surface area contributed by atoms with E-state index in [0.717, 1.165) is 0 Å². The van der Waals surface area contributed by atoms with Crippen LogP contribution in [-0.4, -0.2) is 362 Å². The maximum Gasteiger partial charge on any atom is 0.451 e. The van der Waals surface area contributed by atoms with Crippen molar-refractivity contribution in [2.24, 2.45) is 52.3 Å². The van der Waals surface area contributed by atoms with Gasteiger partial charge in [-0.05, 0) is 103 Å². The predicted molar refractivity (Wildman–Crippen MR) is 372 cm³/mol. The molecule has 590 valence electrons. The smallest absolute Gasteiger partial charge is 0.427 e. The van der Waals surface area contributed by atoms with Crippen LogP contribution in [0, 0.1) is 23.7 Å². The highest BCUT2D eigenvalue weighted by molar-refractivity contribution is 7.87. The summed E-state index contributed by atoms with van der Waals surface area (Å²) in [6.07, 6.45) is 7.40. The van der Waals surface area contributed by atoms with E-state index in [4.69, 9.17) is 107 Å². The van der Waals surface area contributed by atoms with Gasteiger partial charge < -0.3 is 84.4 Å². The van der Waals surface area contributed by atoms with Crippen molar-refractivity contribution in [3.05, 3.63) is 0 Å². The summed E-state index contributed by atoms with van der Waals surface area (Å²) < 4.78 is 113. The average Bonchev–Trinajstić information content (AvgIpc) is 1.68. The van der Waals surface area contributed by atoms with Crippen LogP contribution in [0.2, 0.25) is 25.3 Å². The molecule has 0 aromatic carbocycles. The van der Waals surface area contributed by atoms with E-state index in [1.54, 1.807) is 40.1 Å². The molecule has 4 saturated heterocycles. The quantitative estimate of drug-likeness (QED) is 0.0201. The Morgan fingerprint density at radius 3 is 0.851 bits per heavy atom. The first-order valence-corrected chi connectivity index (χ1v) is 38.6. The molecule has 101 heavy (non-hydrogen) atoms. The summed E-state index contributed by atoms with van der Waals surface area (Å²) in [7, 11) is -8.56. The first-order chi connectivity index (χ1) is 47.2. The fraction of sp³-hybridized carbons (Fsp3) is 0.923. The number of hydrazine groups is 1. The molecular formula is C52H117B4N17O24S4. The topological polar surface area (TPSA) is 622 Å². The van der Waals surface area contributed by atoms with Crippen LogP contribution in [0.3, 0.4) is 0 Å². The van der Waals surface area contributed by atoms with Crippen LogP contribution < -0.4 is 39.3 Å². The van der Waals surface area contributed by atoms with E-state index in [-0.39, 0.29) is 91.6 Å². The number of hydrogen-bond donors (Lipinski definition) is 15. The summed E-state index contributed by atoms with van der Waals surface area (Å²) in [5, 5.41) is 78.4. The molecule has 41 nitrogen and oxygen atoms in total. The molecule has 0 aromatic heterocycles. The molecule has 20 N–H and O–H groups in total. The van der Waals surface area contributed by atoms with Gasteiger partial charge in [-0.25, -0.2) is 5.01 Å². The average molecular weight is 1540 g/mol. The number of nitrogens with one attached hydrogen (secondary N) is 2. The Kier molecular flexibility index (Phi) is 59.5. The van der Waals surface area contributed by atoms with Gasteiger partial charge in [-0.2, -0.15) is 102 Å². The zero-order valence-corrected chi connectivity index (χ0v) is 63.2. The van der Waals surface area contributed by atoms with Crippen molar-refractivity contribution in [1.82, 2.24) is 55.1 Å². The second-order valence-electron chi connectivity index (χ2n) is 24.1. The third-order valence-corrected chi connectivity index (χ3v) is 24.5. The van der Waals surface area contributed by atoms with Gasteiger partial charge in [-0.15, -0.1) is 4.41 Å². The Bertz CT molecular complexity index is 2730. The third kappa shape index (κ3) is 42.5. The predicted octanol–water partition coefficient (Wildman–Crippen LogP) is -9.66. The molecule has 0 amide bonds. The molecule has 4 heterocycles. The Morgan fingerprint density at radius 2 is 0.634 bits per heavy atom. The summed E-state index contributed by atoms with van der Waals surface area (Å²) in [5.74, 6) is 0.222. The molecule has 49 heteroatoms. The molecule has 0 aromatic rings. The van der Waals surface area contributed by atoms with E-state index < -0.39 is 69.3 Å². The molecule has 0 spiro atoms. The van der Waals surface area contributed by atoms with Gasteiger partial charge in [0.05, 0.1) is 0 Å². The normalized spacial score (nSPS) is 20.9. The number of hydrogen-bond acceptors (Lipinski definition) is 33. The molecule has 4 fully saturated rings. The maximum atomic E-state index is 12.8. The number of rotatable bonds is 39. The summed E-state index contributed by atoms with van der Waals surface area (Å²) in [5.41, 5.74) is 29.7. The molecule has 0 aliphatic carbocycles. The highest BCUT2D eigenvalue weighted by Gasteiger charge is 2.43. The minimum Gasteiger partial charge on any atom is -0.427 e. The molecule has 4 aliphatic heterocycles. The number of nitrogens with two attached hydrogens (primary N) is 5. The van der Waals surface area contributed by atoms with Gasteiger partial charge in [0.1, 0.15) is 0 Å². The van der Waals surface area contributed by atoms with Crippen molar-refractivity contribution in [2.75, 3.05) is 167 Å².